The third-order valence-electron chi connectivity index (χ3n) is 4.92. The fourth-order valence-electron chi connectivity index (χ4n) is 3.74. The van der Waals surface area contributed by atoms with Crippen molar-refractivity contribution in [3.05, 3.63) is 28.8 Å². The molecule has 0 N–H and O–H groups in total. The lowest BCUT2D eigenvalue weighted by Crippen LogP contribution is -2.59. The predicted octanol–water partition coefficient (Wildman–Crippen LogP) is 4.10. The Hall–Kier alpha value is -0.730. The van der Waals surface area contributed by atoms with Crippen LogP contribution in [0.2, 0.25) is 5.02 Å². The van der Waals surface area contributed by atoms with Crippen LogP contribution in [0.1, 0.15) is 38.2 Å². The van der Waals surface area contributed by atoms with E-state index in [1.807, 2.05) is 6.07 Å². The number of hydrogen-bond acceptors (Lipinski definition) is 2. The number of halogens is 1. The smallest absolute Gasteiger partial charge is 0.0639 e. The first-order valence-electron chi connectivity index (χ1n) is 7.96. The van der Waals surface area contributed by atoms with Crippen molar-refractivity contribution in [1.29, 1.82) is 0 Å². The molecule has 2 aliphatic rings. The van der Waals surface area contributed by atoms with E-state index in [2.05, 4.69) is 35.8 Å². The molecule has 0 radical (unpaired) electrons. The van der Waals surface area contributed by atoms with Crippen LogP contribution in [-0.4, -0.2) is 36.6 Å². The Balaban J connectivity index is 1.88. The van der Waals surface area contributed by atoms with Crippen molar-refractivity contribution in [2.75, 3.05) is 24.5 Å². The Morgan fingerprint density at radius 1 is 1.25 bits per heavy atom. The Morgan fingerprint density at radius 2 is 2.10 bits per heavy atom. The van der Waals surface area contributed by atoms with Crippen LogP contribution < -0.4 is 4.90 Å². The minimum atomic E-state index is 0.601. The van der Waals surface area contributed by atoms with E-state index in [0.29, 0.717) is 6.04 Å². The van der Waals surface area contributed by atoms with E-state index in [9.17, 15) is 0 Å². The van der Waals surface area contributed by atoms with Gasteiger partial charge in [-0.15, -0.1) is 0 Å². The van der Waals surface area contributed by atoms with E-state index < -0.39 is 0 Å². The second kappa shape index (κ2) is 5.95. The highest BCUT2D eigenvalue weighted by Gasteiger charge is 2.34. The van der Waals surface area contributed by atoms with Gasteiger partial charge in [-0.05, 0) is 50.4 Å². The van der Waals surface area contributed by atoms with Crippen molar-refractivity contribution < 1.29 is 0 Å². The number of fused-ring (bicyclic) bond motifs is 1. The SMILES string of the molecule is CCC1CN2CCCCC2CN1c1cc(C)ccc1Cl. The van der Waals surface area contributed by atoms with Crippen LogP contribution >= 0.6 is 11.6 Å². The van der Waals surface area contributed by atoms with Crippen LogP contribution in [0.5, 0.6) is 0 Å². The second-order valence-corrected chi connectivity index (χ2v) is 6.72. The van der Waals surface area contributed by atoms with E-state index in [4.69, 9.17) is 11.6 Å². The van der Waals surface area contributed by atoms with Gasteiger partial charge in [-0.3, -0.25) is 4.90 Å². The lowest BCUT2D eigenvalue weighted by atomic mass is 9.95. The fourth-order valence-corrected chi connectivity index (χ4v) is 3.97. The summed E-state index contributed by atoms with van der Waals surface area (Å²) in [5, 5.41) is 0.901. The Bertz CT molecular complexity index is 474. The van der Waals surface area contributed by atoms with Crippen molar-refractivity contribution >= 4 is 17.3 Å². The van der Waals surface area contributed by atoms with Crippen LogP contribution in [0.25, 0.3) is 0 Å². The number of aryl methyl sites for hydroxylation is 1. The monoisotopic (exact) mass is 292 g/mol. The molecule has 20 heavy (non-hydrogen) atoms. The average Bonchev–Trinajstić information content (AvgIpc) is 2.48. The highest BCUT2D eigenvalue weighted by Crippen LogP contribution is 2.34. The lowest BCUT2D eigenvalue weighted by molar-refractivity contribution is 0.111. The molecule has 2 aliphatic heterocycles. The topological polar surface area (TPSA) is 6.48 Å². The first kappa shape index (κ1) is 14.2. The van der Waals surface area contributed by atoms with Crippen LogP contribution in [0.4, 0.5) is 5.69 Å². The summed E-state index contributed by atoms with van der Waals surface area (Å²) in [6.45, 7) is 8.08. The van der Waals surface area contributed by atoms with Crippen molar-refractivity contribution in [3.63, 3.8) is 0 Å². The third kappa shape index (κ3) is 2.68. The van der Waals surface area contributed by atoms with Gasteiger partial charge in [0, 0.05) is 25.2 Å². The minimum absolute atomic E-state index is 0.601. The third-order valence-corrected chi connectivity index (χ3v) is 5.24. The average molecular weight is 293 g/mol. The maximum Gasteiger partial charge on any atom is 0.0639 e. The highest BCUT2D eigenvalue weighted by atomic mass is 35.5. The number of piperazine rings is 1. The molecule has 1 aromatic carbocycles. The molecule has 2 fully saturated rings. The molecule has 0 aliphatic carbocycles. The number of benzene rings is 1. The number of anilines is 1. The lowest BCUT2D eigenvalue weighted by Gasteiger charge is -2.49. The van der Waals surface area contributed by atoms with Gasteiger partial charge in [0.15, 0.2) is 0 Å². The summed E-state index contributed by atoms with van der Waals surface area (Å²) in [6, 6.07) is 7.73. The zero-order valence-electron chi connectivity index (χ0n) is 12.6. The largest absolute Gasteiger partial charge is 0.364 e. The molecule has 0 aromatic heterocycles. The molecule has 0 saturated carbocycles. The summed E-state index contributed by atoms with van der Waals surface area (Å²) < 4.78 is 0. The maximum atomic E-state index is 6.47. The Morgan fingerprint density at radius 3 is 2.90 bits per heavy atom. The van der Waals surface area contributed by atoms with Crippen LogP contribution in [-0.2, 0) is 0 Å². The highest BCUT2D eigenvalue weighted by molar-refractivity contribution is 6.33. The quantitative estimate of drug-likeness (QED) is 0.810. The Labute approximate surface area is 127 Å². The fraction of sp³-hybridized carbons (Fsp3) is 0.647. The molecule has 0 spiro atoms. The maximum absolute atomic E-state index is 6.47. The van der Waals surface area contributed by atoms with Gasteiger partial charge in [-0.2, -0.15) is 0 Å². The summed E-state index contributed by atoms with van der Waals surface area (Å²) in [5.41, 5.74) is 2.54. The van der Waals surface area contributed by atoms with E-state index in [1.54, 1.807) is 0 Å². The molecule has 2 heterocycles. The summed E-state index contributed by atoms with van der Waals surface area (Å²) in [4.78, 5) is 5.28. The van der Waals surface area contributed by atoms with Crippen molar-refractivity contribution in [3.8, 4) is 0 Å². The summed E-state index contributed by atoms with van der Waals surface area (Å²) in [5.74, 6) is 0. The molecule has 110 valence electrons. The molecule has 2 atom stereocenters. The first-order valence-corrected chi connectivity index (χ1v) is 8.33. The molecule has 2 unspecified atom stereocenters. The van der Waals surface area contributed by atoms with Gasteiger partial charge >= 0.3 is 0 Å². The summed E-state index contributed by atoms with van der Waals surface area (Å²) in [7, 11) is 0. The Kier molecular flexibility index (Phi) is 4.23. The van der Waals surface area contributed by atoms with Gasteiger partial charge in [-0.25, -0.2) is 0 Å². The molecule has 0 amide bonds. The van der Waals surface area contributed by atoms with Gasteiger partial charge in [-0.1, -0.05) is 31.0 Å². The van der Waals surface area contributed by atoms with Gasteiger partial charge in [0.05, 0.1) is 10.7 Å². The zero-order chi connectivity index (χ0) is 14.1. The van der Waals surface area contributed by atoms with Crippen LogP contribution in [0.15, 0.2) is 18.2 Å². The molecule has 2 saturated heterocycles. The number of hydrogen-bond donors (Lipinski definition) is 0. The van der Waals surface area contributed by atoms with Gasteiger partial charge < -0.3 is 4.90 Å². The van der Waals surface area contributed by atoms with Gasteiger partial charge in [0.25, 0.3) is 0 Å². The van der Waals surface area contributed by atoms with E-state index in [1.165, 1.54) is 50.0 Å². The number of nitrogens with zero attached hydrogens (tertiary/aromatic N) is 2. The second-order valence-electron chi connectivity index (χ2n) is 6.31. The molecule has 1 aromatic rings. The van der Waals surface area contributed by atoms with Crippen LogP contribution in [0, 0.1) is 6.92 Å². The number of piperidine rings is 1. The molecule has 3 rings (SSSR count). The van der Waals surface area contributed by atoms with Gasteiger partial charge in [0.2, 0.25) is 0 Å². The van der Waals surface area contributed by atoms with E-state index in [-0.39, 0.29) is 0 Å². The standard InChI is InChI=1S/C17H25ClN2/c1-3-14-11-19-9-5-4-6-15(19)12-20(14)17-10-13(2)7-8-16(17)18/h7-8,10,14-15H,3-6,9,11-12H2,1-2H3. The van der Waals surface area contributed by atoms with Crippen molar-refractivity contribution in [2.45, 2.75) is 51.6 Å². The van der Waals surface area contributed by atoms with Crippen molar-refractivity contribution in [1.82, 2.24) is 4.90 Å². The zero-order valence-corrected chi connectivity index (χ0v) is 13.4. The van der Waals surface area contributed by atoms with Crippen molar-refractivity contribution in [2.24, 2.45) is 0 Å². The molecular weight excluding hydrogens is 268 g/mol. The van der Waals surface area contributed by atoms with E-state index >= 15 is 0 Å². The van der Waals surface area contributed by atoms with E-state index in [0.717, 1.165) is 17.6 Å². The summed E-state index contributed by atoms with van der Waals surface area (Å²) in [6.07, 6.45) is 5.29. The number of rotatable bonds is 2. The van der Waals surface area contributed by atoms with Gasteiger partial charge in [0.1, 0.15) is 0 Å². The molecule has 3 heteroatoms. The normalized spacial score (nSPS) is 27.4. The minimum Gasteiger partial charge on any atom is -0.364 e. The van der Waals surface area contributed by atoms with Crippen LogP contribution in [0.3, 0.4) is 0 Å². The predicted molar refractivity (Wildman–Crippen MR) is 86.8 cm³/mol. The molecule has 0 bridgehead atoms. The summed E-state index contributed by atoms with van der Waals surface area (Å²) >= 11 is 6.47. The molecular formula is C17H25ClN2. The molecule has 2 nitrogen and oxygen atoms in total. The first-order chi connectivity index (χ1) is 9.69.